The molecule has 13 heavy (non-hydrogen) atoms. The molecular weight excluding hydrogens is 162 g/mol. The van der Waals surface area contributed by atoms with Crippen molar-refractivity contribution in [2.45, 2.75) is 39.7 Å². The first-order chi connectivity index (χ1) is 6.09. The molecule has 1 aromatic heterocycles. The molecule has 0 atom stereocenters. The number of anilines is 1. The van der Waals surface area contributed by atoms with Gasteiger partial charge in [-0.3, -0.25) is 0 Å². The van der Waals surface area contributed by atoms with Crippen molar-refractivity contribution in [2.75, 3.05) is 5.32 Å². The van der Waals surface area contributed by atoms with E-state index in [2.05, 4.69) is 49.3 Å². The van der Waals surface area contributed by atoms with Gasteiger partial charge in [0.2, 0.25) is 0 Å². The summed E-state index contributed by atoms with van der Waals surface area (Å²) >= 11 is 0. The van der Waals surface area contributed by atoms with Crippen molar-refractivity contribution in [1.82, 2.24) is 10.2 Å². The van der Waals surface area contributed by atoms with E-state index in [1.165, 1.54) is 0 Å². The van der Waals surface area contributed by atoms with Gasteiger partial charge in [0.15, 0.2) is 0 Å². The fourth-order valence-corrected chi connectivity index (χ4v) is 1.08. The molecule has 1 N–H and O–H groups in total. The third-order valence-electron chi connectivity index (χ3n) is 1.72. The fourth-order valence-electron chi connectivity index (χ4n) is 1.08. The van der Waals surface area contributed by atoms with Gasteiger partial charge in [-0.1, -0.05) is 13.8 Å². The lowest BCUT2D eigenvalue weighted by molar-refractivity contribution is 0.782. The Hall–Kier alpha value is -1.12. The molecule has 0 aliphatic heterocycles. The Balaban J connectivity index is 2.79. The van der Waals surface area contributed by atoms with Crippen LogP contribution in [0.3, 0.4) is 0 Å². The van der Waals surface area contributed by atoms with E-state index in [0.29, 0.717) is 12.0 Å². The maximum atomic E-state index is 4.06. The highest BCUT2D eigenvalue weighted by Crippen LogP contribution is 2.14. The highest BCUT2D eigenvalue weighted by Gasteiger charge is 2.03. The lowest BCUT2D eigenvalue weighted by Crippen LogP contribution is -2.10. The Labute approximate surface area is 79.6 Å². The summed E-state index contributed by atoms with van der Waals surface area (Å²) in [7, 11) is 0. The Bertz CT molecular complexity index is 269. The molecule has 0 radical (unpaired) electrons. The van der Waals surface area contributed by atoms with Crippen LogP contribution in [0.1, 0.15) is 39.3 Å². The third-order valence-corrected chi connectivity index (χ3v) is 1.72. The SMILES string of the molecule is CC(C)Nc1cnnc(C(C)C)c1. The van der Waals surface area contributed by atoms with Gasteiger partial charge < -0.3 is 5.32 Å². The van der Waals surface area contributed by atoms with Crippen LogP contribution in [0.2, 0.25) is 0 Å². The highest BCUT2D eigenvalue weighted by atomic mass is 15.1. The van der Waals surface area contributed by atoms with Gasteiger partial charge >= 0.3 is 0 Å². The van der Waals surface area contributed by atoms with Crippen molar-refractivity contribution in [3.8, 4) is 0 Å². The summed E-state index contributed by atoms with van der Waals surface area (Å²) in [6.07, 6.45) is 1.76. The smallest absolute Gasteiger partial charge is 0.0728 e. The van der Waals surface area contributed by atoms with Gasteiger partial charge in [0.25, 0.3) is 0 Å². The number of nitrogens with one attached hydrogen (secondary N) is 1. The zero-order valence-corrected chi connectivity index (χ0v) is 8.70. The van der Waals surface area contributed by atoms with Crippen LogP contribution in [0.25, 0.3) is 0 Å². The molecule has 72 valence electrons. The normalized spacial score (nSPS) is 10.9. The van der Waals surface area contributed by atoms with Crippen LogP contribution in [0, 0.1) is 0 Å². The van der Waals surface area contributed by atoms with Crippen LogP contribution in [0.15, 0.2) is 12.3 Å². The molecule has 0 amide bonds. The second-order valence-corrected chi connectivity index (χ2v) is 3.82. The molecule has 1 aromatic rings. The van der Waals surface area contributed by atoms with E-state index < -0.39 is 0 Å². The molecule has 0 fully saturated rings. The predicted octanol–water partition coefficient (Wildman–Crippen LogP) is 2.42. The summed E-state index contributed by atoms with van der Waals surface area (Å²) < 4.78 is 0. The van der Waals surface area contributed by atoms with Gasteiger partial charge in [-0.05, 0) is 25.8 Å². The molecular formula is C10H17N3. The number of hydrogen-bond donors (Lipinski definition) is 1. The quantitative estimate of drug-likeness (QED) is 0.774. The molecule has 0 saturated carbocycles. The van der Waals surface area contributed by atoms with E-state index in [1.54, 1.807) is 6.20 Å². The van der Waals surface area contributed by atoms with Gasteiger partial charge in [0, 0.05) is 6.04 Å². The number of nitrogens with zero attached hydrogens (tertiary/aromatic N) is 2. The Morgan fingerprint density at radius 1 is 1.23 bits per heavy atom. The van der Waals surface area contributed by atoms with Crippen LogP contribution in [-0.4, -0.2) is 16.2 Å². The minimum Gasteiger partial charge on any atom is -0.382 e. The number of hydrogen-bond acceptors (Lipinski definition) is 3. The number of aromatic nitrogens is 2. The molecule has 1 rings (SSSR count). The Morgan fingerprint density at radius 2 is 1.92 bits per heavy atom. The van der Waals surface area contributed by atoms with E-state index in [4.69, 9.17) is 0 Å². The van der Waals surface area contributed by atoms with E-state index >= 15 is 0 Å². The minimum atomic E-state index is 0.432. The number of rotatable bonds is 3. The predicted molar refractivity (Wildman–Crippen MR) is 54.9 cm³/mol. The first kappa shape index (κ1) is 9.96. The van der Waals surface area contributed by atoms with Crippen LogP contribution in [-0.2, 0) is 0 Å². The van der Waals surface area contributed by atoms with Gasteiger partial charge in [0.1, 0.15) is 0 Å². The second-order valence-electron chi connectivity index (χ2n) is 3.82. The van der Waals surface area contributed by atoms with E-state index in [-0.39, 0.29) is 0 Å². The van der Waals surface area contributed by atoms with Crippen LogP contribution < -0.4 is 5.32 Å². The molecule has 0 spiro atoms. The molecule has 3 nitrogen and oxygen atoms in total. The van der Waals surface area contributed by atoms with Gasteiger partial charge in [-0.2, -0.15) is 10.2 Å². The average Bonchev–Trinajstić information content (AvgIpc) is 2.03. The second kappa shape index (κ2) is 4.21. The third kappa shape index (κ3) is 3.01. The molecule has 0 unspecified atom stereocenters. The Morgan fingerprint density at radius 3 is 2.46 bits per heavy atom. The molecule has 0 bridgehead atoms. The van der Waals surface area contributed by atoms with Gasteiger partial charge in [-0.25, -0.2) is 0 Å². The lowest BCUT2D eigenvalue weighted by atomic mass is 10.1. The monoisotopic (exact) mass is 179 g/mol. The summed E-state index contributed by atoms with van der Waals surface area (Å²) in [5.41, 5.74) is 2.08. The summed E-state index contributed by atoms with van der Waals surface area (Å²) in [5.74, 6) is 0.432. The largest absolute Gasteiger partial charge is 0.382 e. The van der Waals surface area contributed by atoms with Crippen molar-refractivity contribution in [3.63, 3.8) is 0 Å². The topological polar surface area (TPSA) is 37.8 Å². The van der Waals surface area contributed by atoms with E-state index in [1.807, 2.05) is 0 Å². The maximum absolute atomic E-state index is 4.06. The summed E-state index contributed by atoms with van der Waals surface area (Å²) in [6.45, 7) is 8.44. The first-order valence-electron chi connectivity index (χ1n) is 4.68. The van der Waals surface area contributed by atoms with Crippen LogP contribution in [0.5, 0.6) is 0 Å². The van der Waals surface area contributed by atoms with Crippen LogP contribution in [0.4, 0.5) is 5.69 Å². The van der Waals surface area contributed by atoms with Crippen LogP contribution >= 0.6 is 0 Å². The molecule has 0 saturated heterocycles. The summed E-state index contributed by atoms with van der Waals surface area (Å²) in [5, 5.41) is 11.3. The average molecular weight is 179 g/mol. The zero-order chi connectivity index (χ0) is 9.84. The molecule has 3 heteroatoms. The fraction of sp³-hybridized carbons (Fsp3) is 0.600. The van der Waals surface area contributed by atoms with Crippen molar-refractivity contribution in [2.24, 2.45) is 0 Å². The van der Waals surface area contributed by atoms with Gasteiger partial charge in [0.05, 0.1) is 17.6 Å². The van der Waals surface area contributed by atoms with Gasteiger partial charge in [-0.15, -0.1) is 0 Å². The van der Waals surface area contributed by atoms with Crippen molar-refractivity contribution >= 4 is 5.69 Å². The van der Waals surface area contributed by atoms with Crippen molar-refractivity contribution < 1.29 is 0 Å². The summed E-state index contributed by atoms with van der Waals surface area (Å²) in [6, 6.07) is 2.49. The Kier molecular flexibility index (Phi) is 3.23. The van der Waals surface area contributed by atoms with E-state index in [0.717, 1.165) is 11.4 Å². The van der Waals surface area contributed by atoms with E-state index in [9.17, 15) is 0 Å². The standard InChI is InChI=1S/C10H17N3/c1-7(2)10-5-9(6-11-13-10)12-8(3)4/h5-8H,1-4H3,(H,12,13). The molecule has 0 aromatic carbocycles. The minimum absolute atomic E-state index is 0.432. The summed E-state index contributed by atoms with van der Waals surface area (Å²) in [4.78, 5) is 0. The van der Waals surface area contributed by atoms with Crippen molar-refractivity contribution in [3.05, 3.63) is 18.0 Å². The molecule has 1 heterocycles. The molecule has 0 aliphatic carbocycles. The first-order valence-corrected chi connectivity index (χ1v) is 4.68. The maximum Gasteiger partial charge on any atom is 0.0728 e. The zero-order valence-electron chi connectivity index (χ0n) is 8.70. The van der Waals surface area contributed by atoms with Crippen molar-refractivity contribution in [1.29, 1.82) is 0 Å². The molecule has 0 aliphatic rings. The highest BCUT2D eigenvalue weighted by molar-refractivity contribution is 5.42. The lowest BCUT2D eigenvalue weighted by Gasteiger charge is -2.10.